The third-order valence-electron chi connectivity index (χ3n) is 4.64. The zero-order valence-corrected chi connectivity index (χ0v) is 16.5. The number of aromatic nitrogens is 4. The van der Waals surface area contributed by atoms with Gasteiger partial charge in [0.25, 0.3) is 0 Å². The fraction of sp³-hybridized carbons (Fsp3) is 0.0909. The highest BCUT2D eigenvalue weighted by atomic mass is 32.2. The summed E-state index contributed by atoms with van der Waals surface area (Å²) in [6, 6.07) is 18.2. The van der Waals surface area contributed by atoms with Gasteiger partial charge in [-0.05, 0) is 23.8 Å². The van der Waals surface area contributed by atoms with Crippen LogP contribution in [0.3, 0.4) is 0 Å². The Bertz CT molecular complexity index is 1190. The molecule has 3 heterocycles. The number of ether oxygens (including phenoxy) is 1. The average Bonchev–Trinajstić information content (AvgIpc) is 2.96. The molecule has 1 N–H and O–H groups in total. The fourth-order valence-corrected chi connectivity index (χ4v) is 3.91. The first-order valence-corrected chi connectivity index (χ1v) is 10.3. The maximum absolute atomic E-state index is 13.9. The number of para-hydroxylation sites is 1. The minimum atomic E-state index is -0.484. The molecule has 0 saturated heterocycles. The van der Waals surface area contributed by atoms with E-state index < -0.39 is 6.23 Å². The van der Waals surface area contributed by atoms with Gasteiger partial charge < -0.3 is 10.1 Å². The Morgan fingerprint density at radius 3 is 2.73 bits per heavy atom. The summed E-state index contributed by atoms with van der Waals surface area (Å²) in [5.74, 6) is 0.514. The van der Waals surface area contributed by atoms with Crippen LogP contribution >= 0.6 is 11.8 Å². The highest BCUT2D eigenvalue weighted by Gasteiger charge is 2.26. The molecule has 1 atom stereocenters. The number of rotatable bonds is 4. The summed E-state index contributed by atoms with van der Waals surface area (Å²) in [5, 5.41) is 12.4. The molecule has 0 spiro atoms. The van der Waals surface area contributed by atoms with E-state index in [1.165, 1.54) is 17.8 Å². The lowest BCUT2D eigenvalue weighted by Gasteiger charge is -2.18. The zero-order chi connectivity index (χ0) is 20.3. The van der Waals surface area contributed by atoms with Crippen molar-refractivity contribution in [2.45, 2.75) is 17.1 Å². The first-order chi connectivity index (χ1) is 14.8. The number of halogens is 1. The van der Waals surface area contributed by atoms with Gasteiger partial charge in [-0.1, -0.05) is 54.2 Å². The van der Waals surface area contributed by atoms with Gasteiger partial charge in [0.2, 0.25) is 11.0 Å². The predicted molar refractivity (Wildman–Crippen MR) is 112 cm³/mol. The third-order valence-corrected chi connectivity index (χ3v) is 5.52. The fourth-order valence-electron chi connectivity index (χ4n) is 3.15. The Kier molecular flexibility index (Phi) is 4.98. The van der Waals surface area contributed by atoms with Crippen LogP contribution in [0.4, 0.5) is 10.1 Å². The lowest BCUT2D eigenvalue weighted by atomic mass is 10.1. The van der Waals surface area contributed by atoms with E-state index in [4.69, 9.17) is 4.74 Å². The Morgan fingerprint density at radius 2 is 1.87 bits per heavy atom. The summed E-state index contributed by atoms with van der Waals surface area (Å²) in [4.78, 5) is 8.76. The summed E-state index contributed by atoms with van der Waals surface area (Å²) in [6.07, 6.45) is 2.97. The van der Waals surface area contributed by atoms with Gasteiger partial charge in [0, 0.05) is 35.0 Å². The van der Waals surface area contributed by atoms with E-state index in [-0.39, 0.29) is 5.82 Å². The van der Waals surface area contributed by atoms with Gasteiger partial charge in [-0.3, -0.25) is 4.98 Å². The van der Waals surface area contributed by atoms with Crippen molar-refractivity contribution in [3.63, 3.8) is 0 Å². The topological polar surface area (TPSA) is 72.8 Å². The van der Waals surface area contributed by atoms with Crippen molar-refractivity contribution in [3.8, 4) is 17.1 Å². The van der Waals surface area contributed by atoms with Gasteiger partial charge >= 0.3 is 0 Å². The van der Waals surface area contributed by atoms with Gasteiger partial charge in [-0.2, -0.15) is 4.98 Å². The molecule has 2 aromatic heterocycles. The van der Waals surface area contributed by atoms with E-state index in [0.717, 1.165) is 16.8 Å². The molecule has 0 bridgehead atoms. The lowest BCUT2D eigenvalue weighted by Crippen LogP contribution is -2.17. The van der Waals surface area contributed by atoms with Crippen LogP contribution in [0.25, 0.3) is 11.3 Å². The van der Waals surface area contributed by atoms with Gasteiger partial charge in [-0.15, -0.1) is 10.2 Å². The van der Waals surface area contributed by atoms with Crippen molar-refractivity contribution < 1.29 is 9.13 Å². The van der Waals surface area contributed by atoms with Crippen LogP contribution in [0, 0.1) is 5.82 Å². The van der Waals surface area contributed by atoms with Crippen LogP contribution < -0.4 is 10.1 Å². The minimum absolute atomic E-state index is 0.251. The molecule has 1 unspecified atom stereocenters. The number of anilines is 1. The van der Waals surface area contributed by atoms with Crippen LogP contribution in [0.2, 0.25) is 0 Å². The molecule has 0 amide bonds. The maximum atomic E-state index is 13.9. The van der Waals surface area contributed by atoms with E-state index in [1.54, 1.807) is 30.6 Å². The van der Waals surface area contributed by atoms with Crippen molar-refractivity contribution in [2.24, 2.45) is 0 Å². The molecule has 8 heteroatoms. The van der Waals surface area contributed by atoms with Crippen LogP contribution in [0.15, 0.2) is 78.2 Å². The first kappa shape index (κ1) is 18.5. The van der Waals surface area contributed by atoms with E-state index >= 15 is 0 Å². The molecule has 5 rings (SSSR count). The van der Waals surface area contributed by atoms with Crippen LogP contribution in [0.5, 0.6) is 5.88 Å². The van der Waals surface area contributed by atoms with Crippen molar-refractivity contribution in [1.29, 1.82) is 0 Å². The molecule has 2 aromatic carbocycles. The lowest BCUT2D eigenvalue weighted by molar-refractivity contribution is 0.225. The molecular formula is C22H16FN5OS. The normalized spacial score (nSPS) is 14.6. The second kappa shape index (κ2) is 8.08. The zero-order valence-electron chi connectivity index (χ0n) is 15.7. The molecule has 148 valence electrons. The molecule has 6 nitrogen and oxygen atoms in total. The average molecular weight is 417 g/mol. The number of nitrogens with one attached hydrogen (secondary N) is 1. The molecule has 0 radical (unpaired) electrons. The molecule has 0 fully saturated rings. The SMILES string of the molecule is Fc1ccccc1CSc1nnc2c(n1)OC(c1cccnc1)Nc1ccccc1-2. The van der Waals surface area contributed by atoms with Crippen molar-refractivity contribution in [1.82, 2.24) is 20.2 Å². The second-order valence-electron chi connectivity index (χ2n) is 6.60. The van der Waals surface area contributed by atoms with Gasteiger partial charge in [0.05, 0.1) is 0 Å². The number of benzene rings is 2. The highest BCUT2D eigenvalue weighted by molar-refractivity contribution is 7.98. The Morgan fingerprint density at radius 1 is 1.00 bits per heavy atom. The highest BCUT2D eigenvalue weighted by Crippen LogP contribution is 2.39. The molecule has 4 aromatic rings. The number of nitrogens with zero attached hydrogens (tertiary/aromatic N) is 4. The molecule has 0 saturated carbocycles. The molecule has 1 aliphatic rings. The quantitative estimate of drug-likeness (QED) is 0.475. The Labute approximate surface area is 176 Å². The van der Waals surface area contributed by atoms with Gasteiger partial charge in [0.1, 0.15) is 5.82 Å². The summed E-state index contributed by atoms with van der Waals surface area (Å²) in [7, 11) is 0. The number of fused-ring (bicyclic) bond motifs is 3. The van der Waals surface area contributed by atoms with Crippen molar-refractivity contribution >= 4 is 17.4 Å². The van der Waals surface area contributed by atoms with E-state index in [0.29, 0.717) is 28.0 Å². The first-order valence-electron chi connectivity index (χ1n) is 9.31. The summed E-state index contributed by atoms with van der Waals surface area (Å²) >= 11 is 1.31. The smallest absolute Gasteiger partial charge is 0.247 e. The maximum Gasteiger partial charge on any atom is 0.247 e. The minimum Gasteiger partial charge on any atom is -0.448 e. The molecular weight excluding hydrogens is 401 g/mol. The summed E-state index contributed by atoms with van der Waals surface area (Å²) < 4.78 is 20.1. The monoisotopic (exact) mass is 417 g/mol. The summed E-state index contributed by atoms with van der Waals surface area (Å²) in [5.41, 5.74) is 3.72. The van der Waals surface area contributed by atoms with E-state index in [2.05, 4.69) is 25.5 Å². The number of hydrogen-bond acceptors (Lipinski definition) is 7. The summed E-state index contributed by atoms with van der Waals surface area (Å²) in [6.45, 7) is 0. The number of pyridine rings is 1. The van der Waals surface area contributed by atoms with Gasteiger partial charge in [0.15, 0.2) is 11.9 Å². The second-order valence-corrected chi connectivity index (χ2v) is 7.54. The van der Waals surface area contributed by atoms with E-state index in [9.17, 15) is 4.39 Å². The van der Waals surface area contributed by atoms with Crippen LogP contribution in [0.1, 0.15) is 17.4 Å². The van der Waals surface area contributed by atoms with Crippen molar-refractivity contribution in [3.05, 3.63) is 90.0 Å². The van der Waals surface area contributed by atoms with Crippen molar-refractivity contribution in [2.75, 3.05) is 5.32 Å². The molecule has 30 heavy (non-hydrogen) atoms. The number of hydrogen-bond donors (Lipinski definition) is 1. The standard InChI is InChI=1S/C22H16FN5OS/c23-17-9-3-1-6-15(17)13-30-22-26-21-19(27-28-22)16-8-2-4-10-18(16)25-20(29-21)14-7-5-11-24-12-14/h1-12,20,25H,13H2. The molecule has 0 aliphatic carbocycles. The Balaban J connectivity index is 1.49. The molecule has 1 aliphatic heterocycles. The largest absolute Gasteiger partial charge is 0.448 e. The van der Waals surface area contributed by atoms with Gasteiger partial charge in [-0.25, -0.2) is 4.39 Å². The van der Waals surface area contributed by atoms with E-state index in [1.807, 2.05) is 36.4 Å². The predicted octanol–water partition coefficient (Wildman–Crippen LogP) is 4.87. The number of thioether (sulfide) groups is 1. The Hall–Kier alpha value is -3.52. The third kappa shape index (κ3) is 3.69. The van der Waals surface area contributed by atoms with Crippen LogP contribution in [-0.4, -0.2) is 20.2 Å². The van der Waals surface area contributed by atoms with Crippen LogP contribution in [-0.2, 0) is 5.75 Å².